The number of hydrogen-bond donors (Lipinski definition) is 0. The van der Waals surface area contributed by atoms with Gasteiger partial charge in [0.2, 0.25) is 0 Å². The molecule has 0 heterocycles. The van der Waals surface area contributed by atoms with Crippen molar-refractivity contribution in [3.63, 3.8) is 0 Å². The van der Waals surface area contributed by atoms with Crippen LogP contribution in [0.25, 0.3) is 0 Å². The molecule has 1 aromatic carbocycles. The lowest BCUT2D eigenvalue weighted by Gasteiger charge is -2.34. The Morgan fingerprint density at radius 3 is 2.88 bits per heavy atom. The number of carbonyl (C=O) groups is 1. The minimum Gasteiger partial charge on any atom is -0.486 e. The molecule has 1 fully saturated rings. The summed E-state index contributed by atoms with van der Waals surface area (Å²) in [4.78, 5) is 11.3. The highest BCUT2D eigenvalue weighted by Crippen LogP contribution is 2.32. The highest BCUT2D eigenvalue weighted by atomic mass is 79.9. The molecule has 0 spiro atoms. The summed E-state index contributed by atoms with van der Waals surface area (Å²) in [5.74, 6) is 0.776. The van der Waals surface area contributed by atoms with Crippen LogP contribution in [0.3, 0.4) is 0 Å². The summed E-state index contributed by atoms with van der Waals surface area (Å²) in [5.41, 5.74) is 0. The molecule has 92 valence electrons. The van der Waals surface area contributed by atoms with Crippen LogP contribution in [0.5, 0.6) is 5.75 Å². The molecule has 2 rings (SSSR count). The van der Waals surface area contributed by atoms with Gasteiger partial charge in [-0.15, -0.1) is 0 Å². The molecule has 5 heteroatoms. The van der Waals surface area contributed by atoms with E-state index in [1.807, 2.05) is 6.92 Å². The maximum Gasteiger partial charge on any atom is 0.169 e. The van der Waals surface area contributed by atoms with Gasteiger partial charge in [0.05, 0.1) is 4.47 Å². The highest BCUT2D eigenvalue weighted by molar-refractivity contribution is 9.10. The lowest BCUT2D eigenvalue weighted by molar-refractivity contribution is -0.154. The molecular weight excluding hydrogens is 307 g/mol. The van der Waals surface area contributed by atoms with E-state index in [1.54, 1.807) is 18.2 Å². The van der Waals surface area contributed by atoms with Gasteiger partial charge < -0.3 is 9.47 Å². The van der Waals surface area contributed by atoms with Crippen molar-refractivity contribution in [3.05, 3.63) is 27.7 Å². The van der Waals surface area contributed by atoms with Gasteiger partial charge in [-0.1, -0.05) is 11.6 Å². The Morgan fingerprint density at radius 1 is 1.53 bits per heavy atom. The van der Waals surface area contributed by atoms with Crippen molar-refractivity contribution in [2.75, 3.05) is 6.61 Å². The van der Waals surface area contributed by atoms with E-state index in [0.29, 0.717) is 23.8 Å². The van der Waals surface area contributed by atoms with Gasteiger partial charge in [-0.25, -0.2) is 0 Å². The number of ketones is 1. The molecule has 0 N–H and O–H groups in total. The summed E-state index contributed by atoms with van der Waals surface area (Å²) < 4.78 is 11.8. The van der Waals surface area contributed by atoms with Gasteiger partial charge in [0.15, 0.2) is 11.9 Å². The Balaban J connectivity index is 2.04. The zero-order valence-corrected chi connectivity index (χ0v) is 11.6. The van der Waals surface area contributed by atoms with Gasteiger partial charge in [-0.3, -0.25) is 4.79 Å². The smallest absolute Gasteiger partial charge is 0.169 e. The van der Waals surface area contributed by atoms with Crippen LogP contribution in [0, 0.1) is 0 Å². The third-order valence-electron chi connectivity index (χ3n) is 2.58. The SMILES string of the molecule is CCOC1C(=O)CC1Oc1ccc(Cl)cc1Br. The Kier molecular flexibility index (Phi) is 4.07. The third kappa shape index (κ3) is 2.81. The molecule has 2 unspecified atom stereocenters. The standard InChI is InChI=1S/C12H12BrClO3/c1-2-16-12-9(15)6-11(12)17-10-4-3-7(14)5-8(10)13/h3-5,11-12H,2,6H2,1H3. The number of carbonyl (C=O) groups excluding carboxylic acids is 1. The highest BCUT2D eigenvalue weighted by Gasteiger charge is 2.42. The first-order valence-electron chi connectivity index (χ1n) is 5.38. The molecule has 2 atom stereocenters. The monoisotopic (exact) mass is 318 g/mol. The normalized spacial score (nSPS) is 23.4. The van der Waals surface area contributed by atoms with E-state index >= 15 is 0 Å². The van der Waals surface area contributed by atoms with Crippen LogP contribution in [-0.2, 0) is 9.53 Å². The fourth-order valence-corrected chi connectivity index (χ4v) is 2.46. The second-order valence-electron chi connectivity index (χ2n) is 3.78. The van der Waals surface area contributed by atoms with Crippen LogP contribution in [0.15, 0.2) is 22.7 Å². The molecule has 0 bridgehead atoms. The van der Waals surface area contributed by atoms with E-state index in [4.69, 9.17) is 21.1 Å². The number of benzene rings is 1. The fourth-order valence-electron chi connectivity index (χ4n) is 1.69. The number of ether oxygens (including phenoxy) is 2. The van der Waals surface area contributed by atoms with E-state index in [1.165, 1.54) is 0 Å². The lowest BCUT2D eigenvalue weighted by Crippen LogP contribution is -2.52. The quantitative estimate of drug-likeness (QED) is 0.855. The zero-order chi connectivity index (χ0) is 12.4. The van der Waals surface area contributed by atoms with Gasteiger partial charge in [0.25, 0.3) is 0 Å². The molecular formula is C12H12BrClO3. The average molecular weight is 320 g/mol. The van der Waals surface area contributed by atoms with E-state index in [-0.39, 0.29) is 11.9 Å². The van der Waals surface area contributed by atoms with Gasteiger partial charge in [-0.2, -0.15) is 0 Å². The molecule has 3 nitrogen and oxygen atoms in total. The van der Waals surface area contributed by atoms with Crippen molar-refractivity contribution in [2.24, 2.45) is 0 Å². The Bertz CT molecular complexity index is 436. The van der Waals surface area contributed by atoms with Crippen LogP contribution in [0.4, 0.5) is 0 Å². The maximum absolute atomic E-state index is 11.3. The van der Waals surface area contributed by atoms with E-state index < -0.39 is 6.10 Å². The first-order chi connectivity index (χ1) is 8.11. The summed E-state index contributed by atoms with van der Waals surface area (Å²) in [5, 5.41) is 0.635. The summed E-state index contributed by atoms with van der Waals surface area (Å²) in [6.07, 6.45) is -0.220. The summed E-state index contributed by atoms with van der Waals surface area (Å²) in [7, 11) is 0. The summed E-state index contributed by atoms with van der Waals surface area (Å²) >= 11 is 9.21. The molecule has 0 saturated heterocycles. The second-order valence-corrected chi connectivity index (χ2v) is 5.07. The Labute approximate surface area is 113 Å². The first kappa shape index (κ1) is 12.9. The van der Waals surface area contributed by atoms with Crippen LogP contribution in [-0.4, -0.2) is 24.6 Å². The largest absolute Gasteiger partial charge is 0.486 e. The van der Waals surface area contributed by atoms with E-state index in [0.717, 1.165) is 4.47 Å². The van der Waals surface area contributed by atoms with E-state index in [2.05, 4.69) is 15.9 Å². The predicted octanol–water partition coefficient (Wildman–Crippen LogP) is 3.23. The molecule has 1 aromatic rings. The van der Waals surface area contributed by atoms with Crippen LogP contribution in [0.1, 0.15) is 13.3 Å². The number of rotatable bonds is 4. The minimum atomic E-state index is -0.428. The van der Waals surface area contributed by atoms with Crippen molar-refractivity contribution in [1.82, 2.24) is 0 Å². The third-order valence-corrected chi connectivity index (χ3v) is 3.43. The Morgan fingerprint density at radius 2 is 2.29 bits per heavy atom. The van der Waals surface area contributed by atoms with Gasteiger partial charge in [0.1, 0.15) is 11.9 Å². The maximum atomic E-state index is 11.3. The van der Waals surface area contributed by atoms with Crippen LogP contribution < -0.4 is 4.74 Å². The molecule has 1 aliphatic carbocycles. The van der Waals surface area contributed by atoms with Crippen LogP contribution in [0.2, 0.25) is 5.02 Å². The first-order valence-corrected chi connectivity index (χ1v) is 6.55. The summed E-state index contributed by atoms with van der Waals surface area (Å²) in [6.45, 7) is 2.37. The minimum absolute atomic E-state index is 0.0990. The van der Waals surface area contributed by atoms with Gasteiger partial charge in [-0.05, 0) is 41.1 Å². The number of hydrogen-bond acceptors (Lipinski definition) is 3. The molecule has 0 radical (unpaired) electrons. The molecule has 17 heavy (non-hydrogen) atoms. The van der Waals surface area contributed by atoms with E-state index in [9.17, 15) is 4.79 Å². The number of halogens is 2. The molecule has 1 saturated carbocycles. The predicted molar refractivity (Wildman–Crippen MR) is 68.6 cm³/mol. The molecule has 0 aliphatic heterocycles. The van der Waals surface area contributed by atoms with Crippen molar-refractivity contribution in [1.29, 1.82) is 0 Å². The Hall–Kier alpha value is -0.580. The average Bonchev–Trinajstić information content (AvgIpc) is 2.28. The number of Topliss-reactive ketones (excluding diaryl/α,β-unsaturated/α-hetero) is 1. The van der Waals surface area contributed by atoms with Crippen molar-refractivity contribution in [3.8, 4) is 5.75 Å². The van der Waals surface area contributed by atoms with Crippen LogP contribution >= 0.6 is 27.5 Å². The lowest BCUT2D eigenvalue weighted by atomic mass is 9.90. The van der Waals surface area contributed by atoms with Crippen molar-refractivity contribution >= 4 is 33.3 Å². The second kappa shape index (κ2) is 5.38. The molecule has 0 aromatic heterocycles. The fraction of sp³-hybridized carbons (Fsp3) is 0.417. The topological polar surface area (TPSA) is 35.5 Å². The van der Waals surface area contributed by atoms with Gasteiger partial charge >= 0.3 is 0 Å². The van der Waals surface area contributed by atoms with Crippen molar-refractivity contribution < 1.29 is 14.3 Å². The van der Waals surface area contributed by atoms with Gasteiger partial charge in [0, 0.05) is 18.1 Å². The molecule has 1 aliphatic rings. The molecule has 0 amide bonds. The zero-order valence-electron chi connectivity index (χ0n) is 9.28. The summed E-state index contributed by atoms with van der Waals surface area (Å²) in [6, 6.07) is 5.28. The van der Waals surface area contributed by atoms with Crippen molar-refractivity contribution in [2.45, 2.75) is 25.6 Å².